The average Bonchev–Trinajstić information content (AvgIpc) is 2.81. The molecule has 2 aliphatic rings. The van der Waals surface area contributed by atoms with Gasteiger partial charge in [0.05, 0.1) is 12.6 Å². The molecule has 1 atom stereocenters. The van der Waals surface area contributed by atoms with Crippen molar-refractivity contribution in [3.05, 3.63) is 17.0 Å². The zero-order valence-electron chi connectivity index (χ0n) is 12.7. The molecule has 0 aliphatic heterocycles. The van der Waals surface area contributed by atoms with Gasteiger partial charge in [0.2, 0.25) is 0 Å². The largest absolute Gasteiger partial charge is 0.435 e. The van der Waals surface area contributed by atoms with Gasteiger partial charge in [0.25, 0.3) is 5.92 Å². The molecule has 1 N–H and O–H groups in total. The lowest BCUT2D eigenvalue weighted by molar-refractivity contribution is -0.151. The first-order valence-corrected chi connectivity index (χ1v) is 7.65. The normalized spacial score (nSPS) is 28.8. The van der Waals surface area contributed by atoms with Gasteiger partial charge in [-0.3, -0.25) is 4.68 Å². The summed E-state index contributed by atoms with van der Waals surface area (Å²) in [5, 5.41) is 13.1. The standard InChI is InChI=1S/C14H15F7N2O2/c15-12(16)25-5-6-3-7(4-6)23-8-1-2-13(17,18)11(24)9(8)10(22-23)14(19,20)21/h6-7,11-12,24H,1-5H2/t6?,7?,11-/m0/s1. The van der Waals surface area contributed by atoms with Crippen LogP contribution in [0.15, 0.2) is 0 Å². The van der Waals surface area contributed by atoms with Gasteiger partial charge in [-0.15, -0.1) is 0 Å². The maximum absolute atomic E-state index is 13.6. The summed E-state index contributed by atoms with van der Waals surface area (Å²) in [6.45, 7) is -3.16. The Bertz CT molecular complexity index is 638. The van der Waals surface area contributed by atoms with E-state index in [1.807, 2.05) is 0 Å². The van der Waals surface area contributed by atoms with Gasteiger partial charge in [0.1, 0.15) is 6.10 Å². The highest BCUT2D eigenvalue weighted by atomic mass is 19.4. The van der Waals surface area contributed by atoms with Gasteiger partial charge in [0.15, 0.2) is 5.69 Å². The van der Waals surface area contributed by atoms with E-state index in [4.69, 9.17) is 0 Å². The van der Waals surface area contributed by atoms with Crippen molar-refractivity contribution >= 4 is 0 Å². The molecule has 0 aromatic carbocycles. The number of nitrogens with zero attached hydrogens (tertiary/aromatic N) is 2. The fraction of sp³-hybridized carbons (Fsp3) is 0.786. The molecule has 4 nitrogen and oxygen atoms in total. The Kier molecular flexibility index (Phi) is 4.51. The first-order chi connectivity index (χ1) is 11.5. The molecular formula is C14H15F7N2O2. The highest BCUT2D eigenvalue weighted by Crippen LogP contribution is 2.49. The lowest BCUT2D eigenvalue weighted by Gasteiger charge is -2.37. The van der Waals surface area contributed by atoms with Crippen LogP contribution in [0.3, 0.4) is 0 Å². The lowest BCUT2D eigenvalue weighted by Crippen LogP contribution is -2.35. The number of aliphatic hydroxyl groups excluding tert-OH is 1. The Morgan fingerprint density at radius 3 is 2.48 bits per heavy atom. The summed E-state index contributed by atoms with van der Waals surface area (Å²) in [4.78, 5) is 0. The van der Waals surface area contributed by atoms with Crippen LogP contribution in [-0.2, 0) is 17.3 Å². The minimum atomic E-state index is -4.98. The fourth-order valence-electron chi connectivity index (χ4n) is 3.41. The molecule has 142 valence electrons. The van der Waals surface area contributed by atoms with Gasteiger partial charge in [-0.2, -0.15) is 27.1 Å². The molecule has 1 fully saturated rings. The number of alkyl halides is 7. The van der Waals surface area contributed by atoms with Crippen LogP contribution < -0.4 is 0 Å². The molecule has 1 aromatic heterocycles. The van der Waals surface area contributed by atoms with Crippen molar-refractivity contribution < 1.29 is 40.6 Å². The number of aliphatic hydroxyl groups is 1. The third-order valence-electron chi connectivity index (χ3n) is 4.70. The predicted octanol–water partition coefficient (Wildman–Crippen LogP) is 3.71. The van der Waals surface area contributed by atoms with E-state index in [1.165, 1.54) is 0 Å². The maximum atomic E-state index is 13.6. The van der Waals surface area contributed by atoms with E-state index in [1.54, 1.807) is 0 Å². The third kappa shape index (κ3) is 3.35. The van der Waals surface area contributed by atoms with Gasteiger partial charge < -0.3 is 9.84 Å². The van der Waals surface area contributed by atoms with Crippen LogP contribution in [0.5, 0.6) is 0 Å². The molecule has 0 amide bonds. The quantitative estimate of drug-likeness (QED) is 0.815. The monoisotopic (exact) mass is 376 g/mol. The summed E-state index contributed by atoms with van der Waals surface area (Å²) in [7, 11) is 0. The average molecular weight is 376 g/mol. The second-order valence-electron chi connectivity index (χ2n) is 6.40. The van der Waals surface area contributed by atoms with E-state index in [-0.39, 0.29) is 37.5 Å². The van der Waals surface area contributed by atoms with Crippen molar-refractivity contribution in [1.29, 1.82) is 0 Å². The molecule has 11 heteroatoms. The summed E-state index contributed by atoms with van der Waals surface area (Å²) in [5.74, 6) is -3.92. The molecule has 25 heavy (non-hydrogen) atoms. The third-order valence-corrected chi connectivity index (χ3v) is 4.70. The van der Waals surface area contributed by atoms with E-state index in [0.717, 1.165) is 4.68 Å². The lowest BCUT2D eigenvalue weighted by atomic mass is 9.80. The Labute approximate surface area is 137 Å². The van der Waals surface area contributed by atoms with E-state index < -0.39 is 48.5 Å². The van der Waals surface area contributed by atoms with Gasteiger partial charge in [0, 0.05) is 17.7 Å². The van der Waals surface area contributed by atoms with Crippen LogP contribution >= 0.6 is 0 Å². The highest BCUT2D eigenvalue weighted by molar-refractivity contribution is 5.35. The fourth-order valence-corrected chi connectivity index (χ4v) is 3.41. The number of halogens is 7. The Morgan fingerprint density at radius 2 is 1.92 bits per heavy atom. The molecule has 0 unspecified atom stereocenters. The number of aromatic nitrogens is 2. The summed E-state index contributed by atoms with van der Waals surface area (Å²) in [5.41, 5.74) is -2.46. The molecule has 1 aromatic rings. The van der Waals surface area contributed by atoms with Gasteiger partial charge >= 0.3 is 12.8 Å². The van der Waals surface area contributed by atoms with E-state index in [9.17, 15) is 35.8 Å². The summed E-state index contributed by atoms with van der Waals surface area (Å²) >= 11 is 0. The predicted molar refractivity (Wildman–Crippen MR) is 69.2 cm³/mol. The van der Waals surface area contributed by atoms with Crippen molar-refractivity contribution in [1.82, 2.24) is 9.78 Å². The van der Waals surface area contributed by atoms with Crippen LogP contribution in [-0.4, -0.2) is 34.0 Å². The van der Waals surface area contributed by atoms with Crippen LogP contribution in [0.1, 0.15) is 48.4 Å². The Balaban J connectivity index is 1.86. The molecule has 0 radical (unpaired) electrons. The smallest absolute Gasteiger partial charge is 0.382 e. The molecule has 0 bridgehead atoms. The SMILES string of the molecule is O[C@H]1c2c(C(F)(F)F)nn(C3CC(COC(F)F)C3)c2CCC1(F)F. The first-order valence-electron chi connectivity index (χ1n) is 7.65. The molecular weight excluding hydrogens is 361 g/mol. The van der Waals surface area contributed by atoms with E-state index in [2.05, 4.69) is 9.84 Å². The van der Waals surface area contributed by atoms with Gasteiger partial charge in [-0.25, -0.2) is 8.78 Å². The number of fused-ring (bicyclic) bond motifs is 1. The number of rotatable bonds is 4. The molecule has 2 aliphatic carbocycles. The molecule has 0 saturated heterocycles. The second kappa shape index (κ2) is 6.11. The number of ether oxygens (including phenoxy) is 1. The summed E-state index contributed by atoms with van der Waals surface area (Å²) in [6, 6.07) is -0.518. The first kappa shape index (κ1) is 18.4. The molecule has 1 heterocycles. The van der Waals surface area contributed by atoms with Crippen molar-refractivity contribution in [3.8, 4) is 0 Å². The molecule has 0 spiro atoms. The zero-order valence-corrected chi connectivity index (χ0v) is 12.7. The van der Waals surface area contributed by atoms with Crippen LogP contribution in [0.2, 0.25) is 0 Å². The molecule has 1 saturated carbocycles. The maximum Gasteiger partial charge on any atom is 0.435 e. The zero-order chi connectivity index (χ0) is 18.6. The number of hydrogen-bond donors (Lipinski definition) is 1. The topological polar surface area (TPSA) is 47.3 Å². The minimum absolute atomic E-state index is 0.0658. The van der Waals surface area contributed by atoms with Gasteiger partial charge in [-0.05, 0) is 25.2 Å². The van der Waals surface area contributed by atoms with Crippen LogP contribution in [0.4, 0.5) is 30.7 Å². The minimum Gasteiger partial charge on any atom is -0.382 e. The van der Waals surface area contributed by atoms with Crippen molar-refractivity contribution in [2.75, 3.05) is 6.61 Å². The molecule has 3 rings (SSSR count). The van der Waals surface area contributed by atoms with Crippen LogP contribution in [0, 0.1) is 5.92 Å². The number of hydrogen-bond acceptors (Lipinski definition) is 3. The Morgan fingerprint density at radius 1 is 1.28 bits per heavy atom. The van der Waals surface area contributed by atoms with E-state index >= 15 is 0 Å². The Hall–Kier alpha value is -1.36. The van der Waals surface area contributed by atoms with Gasteiger partial charge in [-0.1, -0.05) is 0 Å². The summed E-state index contributed by atoms with van der Waals surface area (Å²) < 4.78 is 95.9. The summed E-state index contributed by atoms with van der Waals surface area (Å²) in [6.07, 6.45) is -8.17. The van der Waals surface area contributed by atoms with Crippen molar-refractivity contribution in [3.63, 3.8) is 0 Å². The van der Waals surface area contributed by atoms with Crippen LogP contribution in [0.25, 0.3) is 0 Å². The van der Waals surface area contributed by atoms with Crippen molar-refractivity contribution in [2.45, 2.75) is 56.5 Å². The van der Waals surface area contributed by atoms with E-state index in [0.29, 0.717) is 0 Å². The highest BCUT2D eigenvalue weighted by Gasteiger charge is 2.52. The van der Waals surface area contributed by atoms with Crippen molar-refractivity contribution in [2.24, 2.45) is 5.92 Å². The second-order valence-corrected chi connectivity index (χ2v) is 6.40.